The van der Waals surface area contributed by atoms with Gasteiger partial charge in [-0.05, 0) is 32.1 Å². The fourth-order valence-electron chi connectivity index (χ4n) is 3.66. The third-order valence-corrected chi connectivity index (χ3v) is 4.84. The van der Waals surface area contributed by atoms with Crippen LogP contribution < -0.4 is 5.32 Å². The molecule has 0 aromatic carbocycles. The molecule has 4 heteroatoms. The number of rotatable bonds is 9. The van der Waals surface area contributed by atoms with E-state index in [0.717, 1.165) is 58.3 Å². The Morgan fingerprint density at radius 2 is 1.90 bits per heavy atom. The number of unbranched alkanes of at least 4 members (excludes halogenated alkanes) is 1. The Balaban J connectivity index is 1.82. The highest BCUT2D eigenvalue weighted by atomic mass is 16.5. The maximum Gasteiger partial charge on any atom is 0.244 e. The molecule has 0 bridgehead atoms. The Labute approximate surface area is 129 Å². The van der Waals surface area contributed by atoms with Crippen molar-refractivity contribution in [2.24, 2.45) is 0 Å². The van der Waals surface area contributed by atoms with Gasteiger partial charge in [0, 0.05) is 19.8 Å². The van der Waals surface area contributed by atoms with Gasteiger partial charge in [-0.25, -0.2) is 0 Å². The molecule has 4 nitrogen and oxygen atoms in total. The first-order valence-electron chi connectivity index (χ1n) is 8.90. The zero-order chi connectivity index (χ0) is 15.1. The number of carbonyl (C=O) groups excluding carboxylic acids is 1. The third kappa shape index (κ3) is 3.98. The van der Waals surface area contributed by atoms with Crippen LogP contribution in [0.2, 0.25) is 0 Å². The Bertz CT molecular complexity index is 327. The number of hydrogen-bond donors (Lipinski definition) is 1. The van der Waals surface area contributed by atoms with Gasteiger partial charge < -0.3 is 9.64 Å². The van der Waals surface area contributed by atoms with Crippen LogP contribution in [-0.4, -0.2) is 42.3 Å². The van der Waals surface area contributed by atoms with E-state index >= 15 is 0 Å². The number of carbonyl (C=O) groups is 1. The number of hydrogen-bond acceptors (Lipinski definition) is 3. The first-order valence-corrected chi connectivity index (χ1v) is 8.90. The van der Waals surface area contributed by atoms with Crippen LogP contribution in [0.3, 0.4) is 0 Å². The van der Waals surface area contributed by atoms with E-state index in [-0.39, 0.29) is 11.7 Å². The fraction of sp³-hybridized carbons (Fsp3) is 0.941. The lowest BCUT2D eigenvalue weighted by Crippen LogP contribution is -2.44. The second-order valence-corrected chi connectivity index (χ2v) is 6.56. The normalized spacial score (nSPS) is 24.4. The molecule has 122 valence electrons. The van der Waals surface area contributed by atoms with E-state index in [9.17, 15) is 4.79 Å². The van der Waals surface area contributed by atoms with Gasteiger partial charge in [0.05, 0.1) is 11.7 Å². The highest BCUT2D eigenvalue weighted by Crippen LogP contribution is 2.37. The molecule has 1 N–H and O–H groups in total. The minimum absolute atomic E-state index is 0.219. The van der Waals surface area contributed by atoms with Crippen molar-refractivity contribution in [1.29, 1.82) is 0 Å². The fourth-order valence-corrected chi connectivity index (χ4v) is 3.66. The van der Waals surface area contributed by atoms with Gasteiger partial charge >= 0.3 is 0 Å². The van der Waals surface area contributed by atoms with E-state index in [1.165, 1.54) is 19.3 Å². The van der Waals surface area contributed by atoms with E-state index in [0.29, 0.717) is 5.91 Å². The summed E-state index contributed by atoms with van der Waals surface area (Å²) in [7, 11) is 0. The van der Waals surface area contributed by atoms with Gasteiger partial charge in [0.15, 0.2) is 0 Å². The second kappa shape index (κ2) is 8.14. The van der Waals surface area contributed by atoms with Crippen LogP contribution in [0.15, 0.2) is 0 Å². The molecule has 2 rings (SSSR count). The van der Waals surface area contributed by atoms with Crippen LogP contribution in [0.4, 0.5) is 0 Å². The van der Waals surface area contributed by atoms with Crippen LogP contribution in [0.5, 0.6) is 0 Å². The molecule has 1 saturated heterocycles. The van der Waals surface area contributed by atoms with Crippen LogP contribution in [0.25, 0.3) is 0 Å². The molecule has 1 aliphatic carbocycles. The zero-order valence-electron chi connectivity index (χ0n) is 13.8. The minimum Gasteiger partial charge on any atom is -0.381 e. The highest BCUT2D eigenvalue weighted by molar-refractivity contribution is 5.89. The number of nitrogens with one attached hydrogen (secondary N) is 1. The summed E-state index contributed by atoms with van der Waals surface area (Å²) in [4.78, 5) is 14.9. The van der Waals surface area contributed by atoms with Crippen LogP contribution in [0.1, 0.15) is 71.6 Å². The van der Waals surface area contributed by atoms with Crippen molar-refractivity contribution in [1.82, 2.24) is 10.2 Å². The first kappa shape index (κ1) is 16.8. The van der Waals surface area contributed by atoms with Gasteiger partial charge in [0.2, 0.25) is 5.91 Å². The lowest BCUT2D eigenvalue weighted by molar-refractivity contribution is -0.133. The molecular weight excluding hydrogens is 264 g/mol. The van der Waals surface area contributed by atoms with Gasteiger partial charge in [0.1, 0.15) is 0 Å². The summed E-state index contributed by atoms with van der Waals surface area (Å²) in [6, 6.07) is 0. The molecule has 0 radical (unpaired) electrons. The van der Waals surface area contributed by atoms with Gasteiger partial charge in [0.25, 0.3) is 0 Å². The average molecular weight is 296 g/mol. The van der Waals surface area contributed by atoms with E-state index in [1.54, 1.807) is 0 Å². The average Bonchev–Trinajstić information content (AvgIpc) is 3.04. The summed E-state index contributed by atoms with van der Waals surface area (Å²) in [5.41, 5.74) is -0.219. The van der Waals surface area contributed by atoms with Gasteiger partial charge in [-0.15, -0.1) is 0 Å². The summed E-state index contributed by atoms with van der Waals surface area (Å²) in [6.07, 6.45) is 10.1. The molecule has 1 aliphatic heterocycles. The molecule has 1 saturated carbocycles. The number of ether oxygens (including phenoxy) is 1. The van der Waals surface area contributed by atoms with E-state index < -0.39 is 0 Å². The molecule has 1 atom stereocenters. The van der Waals surface area contributed by atoms with Crippen molar-refractivity contribution < 1.29 is 9.53 Å². The first-order chi connectivity index (χ1) is 10.2. The Hall–Kier alpha value is -0.610. The summed E-state index contributed by atoms with van der Waals surface area (Å²) >= 11 is 0. The Kier molecular flexibility index (Phi) is 6.49. The van der Waals surface area contributed by atoms with Gasteiger partial charge in [-0.1, -0.05) is 39.5 Å². The Morgan fingerprint density at radius 1 is 1.19 bits per heavy atom. The molecular formula is C17H32N2O2. The van der Waals surface area contributed by atoms with Crippen molar-refractivity contribution in [2.75, 3.05) is 19.8 Å². The molecule has 0 aromatic heterocycles. The maximum atomic E-state index is 12.8. The van der Waals surface area contributed by atoms with Crippen molar-refractivity contribution >= 4 is 5.91 Å². The maximum absolute atomic E-state index is 12.8. The van der Waals surface area contributed by atoms with Crippen molar-refractivity contribution in [3.8, 4) is 0 Å². The third-order valence-electron chi connectivity index (χ3n) is 4.84. The zero-order valence-corrected chi connectivity index (χ0v) is 13.8. The highest BCUT2D eigenvalue weighted by Gasteiger charge is 2.51. The monoisotopic (exact) mass is 296 g/mol. The predicted octanol–water partition coefficient (Wildman–Crippen LogP) is 3.06. The predicted molar refractivity (Wildman–Crippen MR) is 85.1 cm³/mol. The standard InChI is InChI=1S/C17H32N2O2/c1-3-5-13-21-14-8-12-19-15(9-4-2)18-17(16(19)20)10-6-7-11-17/h15,18H,3-14H2,1-2H3. The number of nitrogens with zero attached hydrogens (tertiary/aromatic N) is 1. The van der Waals surface area contributed by atoms with Crippen LogP contribution in [0, 0.1) is 0 Å². The number of amides is 1. The molecule has 1 amide bonds. The second-order valence-electron chi connectivity index (χ2n) is 6.56. The van der Waals surface area contributed by atoms with E-state index in [4.69, 9.17) is 4.74 Å². The molecule has 21 heavy (non-hydrogen) atoms. The summed E-state index contributed by atoms with van der Waals surface area (Å²) < 4.78 is 5.62. The smallest absolute Gasteiger partial charge is 0.244 e. The minimum atomic E-state index is -0.219. The lowest BCUT2D eigenvalue weighted by Gasteiger charge is -2.23. The van der Waals surface area contributed by atoms with Crippen LogP contribution >= 0.6 is 0 Å². The summed E-state index contributed by atoms with van der Waals surface area (Å²) in [5.74, 6) is 0.354. The quantitative estimate of drug-likeness (QED) is 0.665. The molecule has 2 fully saturated rings. The van der Waals surface area contributed by atoms with Crippen molar-refractivity contribution in [3.63, 3.8) is 0 Å². The van der Waals surface area contributed by atoms with Crippen LogP contribution in [-0.2, 0) is 9.53 Å². The van der Waals surface area contributed by atoms with Crippen molar-refractivity contribution in [2.45, 2.75) is 83.3 Å². The molecule has 1 unspecified atom stereocenters. The molecule has 0 aromatic rings. The Morgan fingerprint density at radius 3 is 2.57 bits per heavy atom. The van der Waals surface area contributed by atoms with E-state index in [1.807, 2.05) is 0 Å². The van der Waals surface area contributed by atoms with Crippen molar-refractivity contribution in [3.05, 3.63) is 0 Å². The largest absolute Gasteiger partial charge is 0.381 e. The SMILES string of the molecule is CCCCOCCCN1C(=O)C2(CCCC2)NC1CCC. The topological polar surface area (TPSA) is 41.6 Å². The van der Waals surface area contributed by atoms with Gasteiger partial charge in [-0.3, -0.25) is 10.1 Å². The lowest BCUT2D eigenvalue weighted by atomic mass is 9.98. The summed E-state index contributed by atoms with van der Waals surface area (Å²) in [5, 5.41) is 3.66. The van der Waals surface area contributed by atoms with E-state index in [2.05, 4.69) is 24.1 Å². The van der Waals surface area contributed by atoms with Gasteiger partial charge in [-0.2, -0.15) is 0 Å². The molecule has 1 heterocycles. The summed E-state index contributed by atoms with van der Waals surface area (Å²) in [6.45, 7) is 6.83. The molecule has 1 spiro atoms. The molecule has 2 aliphatic rings.